The van der Waals surface area contributed by atoms with Crippen molar-refractivity contribution in [3.05, 3.63) is 12.7 Å². The zero-order valence-electron chi connectivity index (χ0n) is 10.7. The predicted octanol–water partition coefficient (Wildman–Crippen LogP) is 4.23. The van der Waals surface area contributed by atoms with E-state index in [-0.39, 0.29) is 0 Å². The van der Waals surface area contributed by atoms with Gasteiger partial charge in [0.15, 0.2) is 0 Å². The normalized spacial score (nSPS) is 15.5. The third-order valence-corrected chi connectivity index (χ3v) is 4.51. The van der Waals surface area contributed by atoms with E-state index < -0.39 is 57.1 Å². The van der Waals surface area contributed by atoms with Gasteiger partial charge >= 0.3 is 39.3 Å². The Kier molecular flexibility index (Phi) is 6.30. The lowest BCUT2D eigenvalue weighted by Crippen LogP contribution is -2.67. The Balaban J connectivity index is 6.06. The molecule has 0 heterocycles. The van der Waals surface area contributed by atoms with E-state index in [0.717, 1.165) is 6.08 Å². The number of hydrogen-bond acceptors (Lipinski definition) is 4. The summed E-state index contributed by atoms with van der Waals surface area (Å²) in [5, 5.41) is -7.12. The molecule has 0 aliphatic rings. The Bertz CT molecular complexity index is 566. The molecule has 0 aliphatic heterocycles. The van der Waals surface area contributed by atoms with Crippen LogP contribution in [0.4, 0.5) is 48.3 Å². The van der Waals surface area contributed by atoms with Gasteiger partial charge in [-0.05, 0) is 0 Å². The molecule has 0 aromatic carbocycles. The molecule has 0 rings (SSSR count). The minimum absolute atomic E-state index is 0.547. The van der Waals surface area contributed by atoms with Crippen LogP contribution in [0, 0.1) is 0 Å². The lowest BCUT2D eigenvalue weighted by atomic mass is 10.0. The maximum absolute atomic E-state index is 13.1. The van der Waals surface area contributed by atoms with E-state index in [0.29, 0.717) is 0 Å². The second-order valence-corrected chi connectivity index (χ2v) is 6.37. The fourth-order valence-electron chi connectivity index (χ4n) is 0.897. The standard InChI is InChI=1S/C8H5F11O3S2/c1-2-3-23-22-24(20,21)8(18,19)6(13,14)4(9,10)5(11,12)7(15,16)17/h2H,1,3H2. The zero-order valence-corrected chi connectivity index (χ0v) is 12.3. The number of halogens is 11. The van der Waals surface area contributed by atoms with Gasteiger partial charge in [0.05, 0.1) is 0 Å². The summed E-state index contributed by atoms with van der Waals surface area (Å²) in [5.74, 6) is -23.8. The number of hydrogen-bond donors (Lipinski definition) is 0. The minimum Gasteiger partial charge on any atom is -0.193 e. The number of alkyl halides is 11. The molecule has 0 atom stereocenters. The van der Waals surface area contributed by atoms with Crippen LogP contribution in [0.25, 0.3) is 0 Å². The maximum atomic E-state index is 13.1. The Labute approximate surface area is 131 Å². The second-order valence-electron chi connectivity index (χ2n) is 3.83. The smallest absolute Gasteiger partial charge is 0.193 e. The summed E-state index contributed by atoms with van der Waals surface area (Å²) in [4.78, 5) is 0. The third kappa shape index (κ3) is 3.44. The molecule has 16 heteroatoms. The van der Waals surface area contributed by atoms with Crippen LogP contribution >= 0.6 is 12.0 Å². The van der Waals surface area contributed by atoms with Gasteiger partial charge < -0.3 is 0 Å². The second kappa shape index (κ2) is 6.51. The van der Waals surface area contributed by atoms with Gasteiger partial charge in [0.25, 0.3) is 0 Å². The first-order valence-corrected chi connectivity index (χ1v) is 7.37. The lowest BCUT2D eigenvalue weighted by molar-refractivity contribution is -0.413. The molecular formula is C8H5F11O3S2. The van der Waals surface area contributed by atoms with Gasteiger partial charge in [0, 0.05) is 17.8 Å². The molecule has 0 spiro atoms. The van der Waals surface area contributed by atoms with Crippen molar-refractivity contribution >= 4 is 22.2 Å². The van der Waals surface area contributed by atoms with Gasteiger partial charge in [0.2, 0.25) is 0 Å². The van der Waals surface area contributed by atoms with Crippen molar-refractivity contribution in [2.75, 3.05) is 5.75 Å². The molecule has 0 N–H and O–H groups in total. The fraction of sp³-hybridized carbons (Fsp3) is 0.750. The van der Waals surface area contributed by atoms with Gasteiger partial charge in [-0.3, -0.25) is 0 Å². The summed E-state index contributed by atoms with van der Waals surface area (Å²) >= 11 is -0.547. The molecule has 0 aliphatic carbocycles. The molecule has 3 nitrogen and oxygen atoms in total. The topological polar surface area (TPSA) is 43.4 Å². The quantitative estimate of drug-likeness (QED) is 0.254. The highest BCUT2D eigenvalue weighted by Crippen LogP contribution is 2.58. The molecule has 0 bridgehead atoms. The predicted molar refractivity (Wildman–Crippen MR) is 58.5 cm³/mol. The van der Waals surface area contributed by atoms with Crippen molar-refractivity contribution in [2.24, 2.45) is 0 Å². The summed E-state index contributed by atoms with van der Waals surface area (Å²) in [6.07, 6.45) is -6.60. The van der Waals surface area contributed by atoms with Gasteiger partial charge in [-0.25, -0.2) is 0 Å². The highest BCUT2D eigenvalue weighted by Gasteiger charge is 2.90. The Morgan fingerprint density at radius 2 is 1.25 bits per heavy atom. The molecule has 0 unspecified atom stereocenters. The van der Waals surface area contributed by atoms with E-state index in [1.165, 1.54) is 0 Å². The largest absolute Gasteiger partial charge is 0.460 e. The van der Waals surface area contributed by atoms with Gasteiger partial charge in [0.1, 0.15) is 0 Å². The van der Waals surface area contributed by atoms with Crippen LogP contribution in [0.2, 0.25) is 0 Å². The van der Waals surface area contributed by atoms with Crippen molar-refractivity contribution in [3.8, 4) is 0 Å². The fourth-order valence-corrected chi connectivity index (χ4v) is 2.51. The first-order valence-electron chi connectivity index (χ1n) is 5.05. The van der Waals surface area contributed by atoms with Crippen molar-refractivity contribution in [3.63, 3.8) is 0 Å². The molecule has 0 aromatic rings. The third-order valence-electron chi connectivity index (χ3n) is 2.15. The van der Waals surface area contributed by atoms with E-state index in [2.05, 4.69) is 10.2 Å². The van der Waals surface area contributed by atoms with Crippen LogP contribution in [0.1, 0.15) is 0 Å². The minimum atomic E-state index is -7.82. The van der Waals surface area contributed by atoms with E-state index >= 15 is 0 Å². The number of rotatable bonds is 8. The van der Waals surface area contributed by atoms with Crippen molar-refractivity contribution in [1.82, 2.24) is 0 Å². The van der Waals surface area contributed by atoms with Gasteiger partial charge in [-0.1, -0.05) is 6.08 Å². The van der Waals surface area contributed by atoms with Crippen LogP contribution < -0.4 is 0 Å². The average Bonchev–Trinajstić information content (AvgIpc) is 2.36. The molecule has 0 radical (unpaired) electrons. The van der Waals surface area contributed by atoms with Gasteiger partial charge in [-0.2, -0.15) is 60.3 Å². The maximum Gasteiger partial charge on any atom is 0.460 e. The van der Waals surface area contributed by atoms with Crippen LogP contribution in [0.5, 0.6) is 0 Å². The van der Waals surface area contributed by atoms with E-state index in [4.69, 9.17) is 0 Å². The molecular weight excluding hydrogens is 417 g/mol. The van der Waals surface area contributed by atoms with E-state index in [1.54, 1.807) is 0 Å². The van der Waals surface area contributed by atoms with Crippen LogP contribution in [0.3, 0.4) is 0 Å². The Morgan fingerprint density at radius 3 is 1.58 bits per heavy atom. The molecule has 0 aromatic heterocycles. The molecule has 0 saturated heterocycles. The summed E-state index contributed by atoms with van der Waals surface area (Å²) in [6.45, 7) is 2.91. The van der Waals surface area contributed by atoms with E-state index in [1.807, 2.05) is 0 Å². The summed E-state index contributed by atoms with van der Waals surface area (Å²) in [7, 11) is -7.03. The first-order chi connectivity index (χ1) is 10.3. The molecule has 0 saturated carbocycles. The van der Waals surface area contributed by atoms with Crippen LogP contribution in [-0.2, 0) is 13.7 Å². The van der Waals surface area contributed by atoms with Crippen LogP contribution in [0.15, 0.2) is 12.7 Å². The van der Waals surface area contributed by atoms with Crippen molar-refractivity contribution < 1.29 is 60.3 Å². The summed E-state index contributed by atoms with van der Waals surface area (Å²) in [6, 6.07) is 0. The molecule has 0 fully saturated rings. The highest BCUT2D eigenvalue weighted by atomic mass is 32.3. The molecule has 144 valence electrons. The Hall–Kier alpha value is -0.770. The van der Waals surface area contributed by atoms with Gasteiger partial charge in [-0.15, -0.1) is 6.58 Å². The molecule has 0 amide bonds. The van der Waals surface area contributed by atoms with Crippen molar-refractivity contribution in [1.29, 1.82) is 0 Å². The van der Waals surface area contributed by atoms with Crippen LogP contribution in [-0.4, -0.2) is 43.4 Å². The van der Waals surface area contributed by atoms with Crippen molar-refractivity contribution in [2.45, 2.75) is 29.2 Å². The molecule has 24 heavy (non-hydrogen) atoms. The Morgan fingerprint density at radius 1 is 0.833 bits per heavy atom. The first kappa shape index (κ1) is 23.2. The average molecular weight is 422 g/mol. The summed E-state index contributed by atoms with van der Waals surface area (Å²) < 4.78 is 163. The SMILES string of the molecule is C=CCSOS(=O)(=O)C(F)(F)C(F)(F)C(F)(F)C(F)(F)C(F)(F)F. The van der Waals surface area contributed by atoms with E-state index in [9.17, 15) is 56.7 Å². The monoisotopic (exact) mass is 422 g/mol. The highest BCUT2D eigenvalue weighted by molar-refractivity contribution is 8.04. The summed E-state index contributed by atoms with van der Waals surface area (Å²) in [5.41, 5.74) is 0. The lowest BCUT2D eigenvalue weighted by Gasteiger charge is -2.36. The zero-order chi connectivity index (χ0) is 19.8.